The maximum Gasteiger partial charge on any atom is 0.0384 e. The summed E-state index contributed by atoms with van der Waals surface area (Å²) in [4.78, 5) is 0. The van der Waals surface area contributed by atoms with Crippen LogP contribution in [0.2, 0.25) is 0 Å². The summed E-state index contributed by atoms with van der Waals surface area (Å²) < 4.78 is 0. The monoisotopic (exact) mass is 195 g/mol. The van der Waals surface area contributed by atoms with Crippen molar-refractivity contribution in [3.8, 4) is 0 Å². The Kier molecular flexibility index (Phi) is 6.58. The van der Waals surface area contributed by atoms with Crippen LogP contribution in [0.15, 0.2) is 18.2 Å². The second-order valence-electron chi connectivity index (χ2n) is 2.58. The predicted molar refractivity (Wildman–Crippen MR) is 64.8 cm³/mol. The second-order valence-corrected chi connectivity index (χ2v) is 2.58. The van der Waals surface area contributed by atoms with Crippen LogP contribution in [-0.4, -0.2) is 14.1 Å². The Balaban J connectivity index is 0.000000791. The molecule has 0 atom stereocenters. The molecule has 0 bridgehead atoms. The van der Waals surface area contributed by atoms with E-state index in [1.165, 1.54) is 0 Å². The first-order valence-corrected chi connectivity index (χ1v) is 5.00. The predicted octanol–water partition coefficient (Wildman–Crippen LogP) is 2.25. The number of benzene rings is 1. The molecule has 1 rings (SSSR count). The van der Waals surface area contributed by atoms with Crippen molar-refractivity contribution in [2.75, 3.05) is 24.7 Å². The molecular formula is C11H21N3. The summed E-state index contributed by atoms with van der Waals surface area (Å²) in [5.41, 5.74) is 8.90. The van der Waals surface area contributed by atoms with Gasteiger partial charge in [0.05, 0.1) is 0 Å². The average Bonchev–Trinajstić information content (AvgIpc) is 2.30. The van der Waals surface area contributed by atoms with Crippen molar-refractivity contribution in [2.24, 2.45) is 5.73 Å². The molecule has 0 spiro atoms. The normalized spacial score (nSPS) is 8.64. The summed E-state index contributed by atoms with van der Waals surface area (Å²) in [6.07, 6.45) is 0. The zero-order valence-electron chi connectivity index (χ0n) is 9.52. The van der Waals surface area contributed by atoms with Crippen molar-refractivity contribution in [3.05, 3.63) is 23.8 Å². The fourth-order valence-corrected chi connectivity index (χ4v) is 1.16. The fraction of sp³-hybridized carbons (Fsp3) is 0.455. The molecule has 0 amide bonds. The van der Waals surface area contributed by atoms with E-state index in [1.807, 2.05) is 46.1 Å². The van der Waals surface area contributed by atoms with Crippen molar-refractivity contribution in [1.82, 2.24) is 0 Å². The Hall–Kier alpha value is -1.22. The molecule has 3 nitrogen and oxygen atoms in total. The minimum absolute atomic E-state index is 0.561. The van der Waals surface area contributed by atoms with Crippen LogP contribution in [0.4, 0.5) is 11.4 Å². The van der Waals surface area contributed by atoms with Gasteiger partial charge < -0.3 is 16.4 Å². The summed E-state index contributed by atoms with van der Waals surface area (Å²) in [6.45, 7) is 4.56. The van der Waals surface area contributed by atoms with Gasteiger partial charge in [0.1, 0.15) is 0 Å². The highest BCUT2D eigenvalue weighted by Crippen LogP contribution is 2.18. The largest absolute Gasteiger partial charge is 0.388 e. The third kappa shape index (κ3) is 3.26. The van der Waals surface area contributed by atoms with Gasteiger partial charge in [0.25, 0.3) is 0 Å². The van der Waals surface area contributed by atoms with Gasteiger partial charge in [-0.15, -0.1) is 0 Å². The molecule has 0 saturated heterocycles. The number of rotatable bonds is 3. The molecule has 0 aromatic heterocycles. The van der Waals surface area contributed by atoms with Crippen LogP contribution < -0.4 is 16.4 Å². The van der Waals surface area contributed by atoms with Crippen molar-refractivity contribution in [1.29, 1.82) is 0 Å². The molecule has 0 aliphatic rings. The lowest BCUT2D eigenvalue weighted by atomic mass is 10.1. The fourth-order valence-electron chi connectivity index (χ4n) is 1.16. The minimum atomic E-state index is 0.561. The first-order chi connectivity index (χ1) is 6.81. The number of hydrogen-bond donors (Lipinski definition) is 3. The molecule has 4 N–H and O–H groups in total. The molecule has 14 heavy (non-hydrogen) atoms. The minimum Gasteiger partial charge on any atom is -0.388 e. The standard InChI is InChI=1S/C9H15N3.C2H6/c1-11-8-3-4-9(12-2)7(5-8)6-10;1-2/h3-5,11-12H,6,10H2,1-2H3;1-2H3. The lowest BCUT2D eigenvalue weighted by Gasteiger charge is -2.09. The number of anilines is 2. The highest BCUT2D eigenvalue weighted by atomic mass is 14.8. The molecule has 80 valence electrons. The third-order valence-corrected chi connectivity index (χ3v) is 1.88. The summed E-state index contributed by atoms with van der Waals surface area (Å²) >= 11 is 0. The zero-order chi connectivity index (χ0) is 11.0. The Bertz CT molecular complexity index is 259. The van der Waals surface area contributed by atoms with E-state index in [0.29, 0.717) is 6.54 Å². The lowest BCUT2D eigenvalue weighted by molar-refractivity contribution is 1.07. The van der Waals surface area contributed by atoms with E-state index < -0.39 is 0 Å². The van der Waals surface area contributed by atoms with Gasteiger partial charge in [0.15, 0.2) is 0 Å². The van der Waals surface area contributed by atoms with Crippen LogP contribution in [0.25, 0.3) is 0 Å². The first-order valence-electron chi connectivity index (χ1n) is 5.00. The van der Waals surface area contributed by atoms with E-state index in [-0.39, 0.29) is 0 Å². The van der Waals surface area contributed by atoms with Crippen LogP contribution in [-0.2, 0) is 6.54 Å². The molecular weight excluding hydrogens is 174 g/mol. The molecule has 1 aromatic carbocycles. The molecule has 1 aromatic rings. The summed E-state index contributed by atoms with van der Waals surface area (Å²) in [6, 6.07) is 6.09. The average molecular weight is 195 g/mol. The lowest BCUT2D eigenvalue weighted by Crippen LogP contribution is -2.02. The maximum atomic E-state index is 5.58. The first kappa shape index (κ1) is 12.8. The number of hydrogen-bond acceptors (Lipinski definition) is 3. The van der Waals surface area contributed by atoms with Gasteiger partial charge in [-0.1, -0.05) is 13.8 Å². The zero-order valence-corrected chi connectivity index (χ0v) is 9.52. The Morgan fingerprint density at radius 1 is 1.14 bits per heavy atom. The summed E-state index contributed by atoms with van der Waals surface area (Å²) in [5, 5.41) is 6.16. The second kappa shape index (κ2) is 7.21. The molecule has 0 heterocycles. The summed E-state index contributed by atoms with van der Waals surface area (Å²) in [7, 11) is 3.79. The van der Waals surface area contributed by atoms with Crippen LogP contribution in [0, 0.1) is 0 Å². The van der Waals surface area contributed by atoms with Crippen molar-refractivity contribution in [2.45, 2.75) is 20.4 Å². The van der Waals surface area contributed by atoms with Gasteiger partial charge in [0.2, 0.25) is 0 Å². The molecule has 0 saturated carbocycles. The van der Waals surface area contributed by atoms with E-state index in [9.17, 15) is 0 Å². The van der Waals surface area contributed by atoms with Gasteiger partial charge in [-0.05, 0) is 23.8 Å². The van der Waals surface area contributed by atoms with Gasteiger partial charge in [-0.3, -0.25) is 0 Å². The summed E-state index contributed by atoms with van der Waals surface area (Å²) in [5.74, 6) is 0. The molecule has 0 unspecified atom stereocenters. The number of nitrogens with two attached hydrogens (primary N) is 1. The van der Waals surface area contributed by atoms with E-state index in [2.05, 4.69) is 10.6 Å². The van der Waals surface area contributed by atoms with Gasteiger partial charge in [0, 0.05) is 32.0 Å². The quantitative estimate of drug-likeness (QED) is 0.693. The third-order valence-electron chi connectivity index (χ3n) is 1.88. The maximum absolute atomic E-state index is 5.58. The Morgan fingerprint density at radius 2 is 1.79 bits per heavy atom. The van der Waals surface area contributed by atoms with E-state index in [4.69, 9.17) is 5.73 Å². The molecule has 0 radical (unpaired) electrons. The van der Waals surface area contributed by atoms with Gasteiger partial charge >= 0.3 is 0 Å². The smallest absolute Gasteiger partial charge is 0.0384 e. The topological polar surface area (TPSA) is 50.1 Å². The Morgan fingerprint density at radius 3 is 2.21 bits per heavy atom. The SMILES string of the molecule is CC.CNc1ccc(NC)c(CN)c1. The van der Waals surface area contributed by atoms with E-state index in [1.54, 1.807) is 0 Å². The molecule has 0 fully saturated rings. The van der Waals surface area contributed by atoms with Gasteiger partial charge in [-0.2, -0.15) is 0 Å². The van der Waals surface area contributed by atoms with Crippen LogP contribution in [0.3, 0.4) is 0 Å². The van der Waals surface area contributed by atoms with Gasteiger partial charge in [-0.25, -0.2) is 0 Å². The molecule has 0 aliphatic heterocycles. The van der Waals surface area contributed by atoms with Crippen LogP contribution in [0.1, 0.15) is 19.4 Å². The van der Waals surface area contributed by atoms with Crippen LogP contribution in [0.5, 0.6) is 0 Å². The Labute approximate surface area is 86.7 Å². The highest BCUT2D eigenvalue weighted by molar-refractivity contribution is 5.59. The number of nitrogens with one attached hydrogen (secondary N) is 2. The van der Waals surface area contributed by atoms with E-state index >= 15 is 0 Å². The molecule has 0 aliphatic carbocycles. The van der Waals surface area contributed by atoms with Crippen molar-refractivity contribution < 1.29 is 0 Å². The van der Waals surface area contributed by atoms with E-state index in [0.717, 1.165) is 16.9 Å². The molecule has 3 heteroatoms. The van der Waals surface area contributed by atoms with Crippen molar-refractivity contribution >= 4 is 11.4 Å². The van der Waals surface area contributed by atoms with Crippen molar-refractivity contribution in [3.63, 3.8) is 0 Å². The van der Waals surface area contributed by atoms with Crippen LogP contribution >= 0.6 is 0 Å². The highest BCUT2D eigenvalue weighted by Gasteiger charge is 1.98.